The van der Waals surface area contributed by atoms with Crippen LogP contribution >= 0.6 is 0 Å². The number of carbonyl (C=O) groups excluding carboxylic acids is 3. The third kappa shape index (κ3) is 6.60. The standard InChI is InChI=1S/C21H21NO6/c1-26-18-10-5-15(6-11-18)7-12-20(24)28-14-19(23)22-13-16-3-8-17(9-4-16)21(25)27-2/h3-12H,13-14H2,1-2H3,(H,22,23)/b12-7+. The fourth-order valence-corrected chi connectivity index (χ4v) is 2.19. The van der Waals surface area contributed by atoms with Gasteiger partial charge in [0.05, 0.1) is 19.8 Å². The van der Waals surface area contributed by atoms with Gasteiger partial charge in [-0.2, -0.15) is 0 Å². The maximum Gasteiger partial charge on any atom is 0.337 e. The van der Waals surface area contributed by atoms with Crippen LogP contribution in [0.2, 0.25) is 0 Å². The summed E-state index contributed by atoms with van der Waals surface area (Å²) in [4.78, 5) is 34.8. The lowest BCUT2D eigenvalue weighted by atomic mass is 10.1. The zero-order valence-corrected chi connectivity index (χ0v) is 15.6. The fraction of sp³-hybridized carbons (Fsp3) is 0.190. The average molecular weight is 383 g/mol. The SMILES string of the molecule is COC(=O)c1ccc(CNC(=O)COC(=O)/C=C/c2ccc(OC)cc2)cc1. The van der Waals surface area contributed by atoms with Crippen LogP contribution in [0.3, 0.4) is 0 Å². The Morgan fingerprint density at radius 2 is 1.64 bits per heavy atom. The van der Waals surface area contributed by atoms with Crippen molar-refractivity contribution in [1.82, 2.24) is 5.32 Å². The highest BCUT2D eigenvalue weighted by Crippen LogP contribution is 2.12. The summed E-state index contributed by atoms with van der Waals surface area (Å²) in [6, 6.07) is 13.8. The molecule has 7 heteroatoms. The molecular formula is C21H21NO6. The van der Waals surface area contributed by atoms with E-state index in [9.17, 15) is 14.4 Å². The molecule has 2 aromatic carbocycles. The van der Waals surface area contributed by atoms with Crippen molar-refractivity contribution in [1.29, 1.82) is 0 Å². The Hall–Kier alpha value is -3.61. The van der Waals surface area contributed by atoms with Crippen LogP contribution in [-0.4, -0.2) is 38.7 Å². The molecule has 0 fully saturated rings. The van der Waals surface area contributed by atoms with Crippen molar-refractivity contribution < 1.29 is 28.6 Å². The zero-order chi connectivity index (χ0) is 20.4. The number of methoxy groups -OCH3 is 2. The minimum absolute atomic E-state index is 0.250. The molecule has 0 heterocycles. The first-order chi connectivity index (χ1) is 13.5. The van der Waals surface area contributed by atoms with Gasteiger partial charge in [-0.25, -0.2) is 9.59 Å². The van der Waals surface area contributed by atoms with Gasteiger partial charge >= 0.3 is 11.9 Å². The summed E-state index contributed by atoms with van der Waals surface area (Å²) >= 11 is 0. The number of hydrogen-bond acceptors (Lipinski definition) is 6. The van der Waals surface area contributed by atoms with Crippen molar-refractivity contribution in [2.45, 2.75) is 6.54 Å². The molecule has 7 nitrogen and oxygen atoms in total. The molecule has 0 aliphatic rings. The molecule has 0 aromatic heterocycles. The van der Waals surface area contributed by atoms with E-state index < -0.39 is 17.8 Å². The molecule has 146 valence electrons. The number of amides is 1. The Bertz CT molecular complexity index is 840. The van der Waals surface area contributed by atoms with Gasteiger partial charge in [0, 0.05) is 12.6 Å². The van der Waals surface area contributed by atoms with Crippen LogP contribution in [0.5, 0.6) is 5.75 Å². The van der Waals surface area contributed by atoms with Gasteiger partial charge in [-0.15, -0.1) is 0 Å². The average Bonchev–Trinajstić information content (AvgIpc) is 2.74. The number of rotatable bonds is 8. The first-order valence-electron chi connectivity index (χ1n) is 8.44. The van der Waals surface area contributed by atoms with Crippen LogP contribution in [0.25, 0.3) is 6.08 Å². The van der Waals surface area contributed by atoms with Gasteiger partial charge in [0.2, 0.25) is 0 Å². The first-order valence-corrected chi connectivity index (χ1v) is 8.44. The van der Waals surface area contributed by atoms with Gasteiger partial charge in [-0.1, -0.05) is 24.3 Å². The van der Waals surface area contributed by atoms with E-state index in [1.807, 2.05) is 0 Å². The normalized spacial score (nSPS) is 10.4. The Kier molecular flexibility index (Phi) is 7.77. The van der Waals surface area contributed by atoms with E-state index in [0.717, 1.165) is 16.9 Å². The van der Waals surface area contributed by atoms with Crippen LogP contribution in [0, 0.1) is 0 Å². The molecule has 0 atom stereocenters. The molecule has 0 aliphatic carbocycles. The van der Waals surface area contributed by atoms with Gasteiger partial charge in [0.1, 0.15) is 5.75 Å². The predicted molar refractivity (Wildman–Crippen MR) is 103 cm³/mol. The number of esters is 2. The van der Waals surface area contributed by atoms with E-state index in [1.165, 1.54) is 13.2 Å². The number of ether oxygens (including phenoxy) is 3. The molecule has 28 heavy (non-hydrogen) atoms. The lowest BCUT2D eigenvalue weighted by Crippen LogP contribution is -2.28. The second-order valence-electron chi connectivity index (χ2n) is 5.68. The Morgan fingerprint density at radius 1 is 0.964 bits per heavy atom. The highest BCUT2D eigenvalue weighted by atomic mass is 16.5. The first kappa shape index (κ1) is 20.7. The molecule has 0 aliphatic heterocycles. The minimum Gasteiger partial charge on any atom is -0.497 e. The van der Waals surface area contributed by atoms with Crippen molar-refractivity contribution in [3.63, 3.8) is 0 Å². The van der Waals surface area contributed by atoms with E-state index in [-0.39, 0.29) is 13.2 Å². The van der Waals surface area contributed by atoms with Crippen molar-refractivity contribution in [2.24, 2.45) is 0 Å². The maximum atomic E-state index is 11.8. The second-order valence-corrected chi connectivity index (χ2v) is 5.68. The summed E-state index contributed by atoms with van der Waals surface area (Å²) in [5.74, 6) is -0.752. The molecule has 0 radical (unpaired) electrons. The van der Waals surface area contributed by atoms with Crippen molar-refractivity contribution in [3.8, 4) is 5.75 Å². The van der Waals surface area contributed by atoms with Crippen LogP contribution < -0.4 is 10.1 Å². The lowest BCUT2D eigenvalue weighted by molar-refractivity contribution is -0.143. The molecule has 0 unspecified atom stereocenters. The van der Waals surface area contributed by atoms with Crippen LogP contribution in [-0.2, 0) is 25.6 Å². The van der Waals surface area contributed by atoms with Crippen molar-refractivity contribution >= 4 is 23.9 Å². The van der Waals surface area contributed by atoms with E-state index in [1.54, 1.807) is 61.7 Å². The van der Waals surface area contributed by atoms with E-state index >= 15 is 0 Å². The quantitative estimate of drug-likeness (QED) is 0.556. The zero-order valence-electron chi connectivity index (χ0n) is 15.6. The minimum atomic E-state index is -0.617. The number of hydrogen-bond donors (Lipinski definition) is 1. The van der Waals surface area contributed by atoms with Crippen LogP contribution in [0.1, 0.15) is 21.5 Å². The summed E-state index contributed by atoms with van der Waals surface area (Å²) in [6.07, 6.45) is 2.84. The molecular weight excluding hydrogens is 362 g/mol. The third-order valence-corrected chi connectivity index (χ3v) is 3.74. The van der Waals surface area contributed by atoms with Crippen molar-refractivity contribution in [3.05, 3.63) is 71.3 Å². The van der Waals surface area contributed by atoms with E-state index in [2.05, 4.69) is 10.1 Å². The van der Waals surface area contributed by atoms with E-state index in [0.29, 0.717) is 5.56 Å². The second kappa shape index (κ2) is 10.5. The fourth-order valence-electron chi connectivity index (χ4n) is 2.19. The summed E-state index contributed by atoms with van der Waals surface area (Å²) in [5, 5.41) is 2.63. The van der Waals surface area contributed by atoms with Gasteiger partial charge < -0.3 is 19.5 Å². The van der Waals surface area contributed by atoms with Gasteiger partial charge in [0.15, 0.2) is 6.61 Å². The monoisotopic (exact) mass is 383 g/mol. The molecule has 0 saturated carbocycles. The maximum absolute atomic E-state index is 11.8. The Labute approximate surface area is 162 Å². The smallest absolute Gasteiger partial charge is 0.337 e. The topological polar surface area (TPSA) is 90.9 Å². The van der Waals surface area contributed by atoms with Crippen LogP contribution in [0.15, 0.2) is 54.6 Å². The van der Waals surface area contributed by atoms with Gasteiger partial charge in [-0.05, 0) is 41.5 Å². The summed E-state index contributed by atoms with van der Waals surface area (Å²) in [6.45, 7) is -0.133. The Balaban J connectivity index is 1.73. The van der Waals surface area contributed by atoms with Crippen LogP contribution in [0.4, 0.5) is 0 Å². The molecule has 0 spiro atoms. The molecule has 0 bridgehead atoms. The molecule has 1 N–H and O–H groups in total. The molecule has 1 amide bonds. The van der Waals surface area contributed by atoms with Gasteiger partial charge in [-0.3, -0.25) is 4.79 Å². The number of benzene rings is 2. The highest BCUT2D eigenvalue weighted by Gasteiger charge is 2.07. The Morgan fingerprint density at radius 3 is 2.25 bits per heavy atom. The van der Waals surface area contributed by atoms with Crippen molar-refractivity contribution in [2.75, 3.05) is 20.8 Å². The number of nitrogens with one attached hydrogen (secondary N) is 1. The summed E-state index contributed by atoms with van der Waals surface area (Å²) < 4.78 is 14.6. The number of carbonyl (C=O) groups is 3. The predicted octanol–water partition coefficient (Wildman–Crippen LogP) is 2.35. The van der Waals surface area contributed by atoms with Gasteiger partial charge in [0.25, 0.3) is 5.91 Å². The van der Waals surface area contributed by atoms with E-state index in [4.69, 9.17) is 9.47 Å². The lowest BCUT2D eigenvalue weighted by Gasteiger charge is -2.06. The molecule has 0 saturated heterocycles. The summed E-state index contributed by atoms with van der Waals surface area (Å²) in [5.41, 5.74) is 2.03. The third-order valence-electron chi connectivity index (χ3n) is 3.74. The largest absolute Gasteiger partial charge is 0.497 e. The highest BCUT2D eigenvalue weighted by molar-refractivity contribution is 5.90. The molecule has 2 rings (SSSR count). The summed E-state index contributed by atoms with van der Waals surface area (Å²) in [7, 11) is 2.88. The molecule has 2 aromatic rings.